The predicted molar refractivity (Wildman–Crippen MR) is 75.1 cm³/mol. The Hall–Kier alpha value is -0.650. The normalized spacial score (nSPS) is 34.4. The summed E-state index contributed by atoms with van der Waals surface area (Å²) < 4.78 is 11.2. The van der Waals surface area contributed by atoms with E-state index >= 15 is 0 Å². The summed E-state index contributed by atoms with van der Waals surface area (Å²) in [5.41, 5.74) is -1.19. The molecule has 1 aliphatic rings. The van der Waals surface area contributed by atoms with Crippen molar-refractivity contribution in [2.24, 2.45) is 11.8 Å². The van der Waals surface area contributed by atoms with Crippen LogP contribution in [0.15, 0.2) is 0 Å². The van der Waals surface area contributed by atoms with Crippen LogP contribution in [-0.4, -0.2) is 46.2 Å². The SMILES string of the molecule is CC(=O)OC(C1CC(C)C(C)C(C(C)O)O1)C(C)(C)O. The van der Waals surface area contributed by atoms with Crippen LogP contribution in [0.4, 0.5) is 0 Å². The number of carbonyl (C=O) groups excluding carboxylic acids is 1. The van der Waals surface area contributed by atoms with Crippen molar-refractivity contribution in [2.45, 2.75) is 78.0 Å². The highest BCUT2D eigenvalue weighted by atomic mass is 16.6. The van der Waals surface area contributed by atoms with Gasteiger partial charge in [-0.1, -0.05) is 13.8 Å². The van der Waals surface area contributed by atoms with Crippen molar-refractivity contribution >= 4 is 5.97 Å². The maximum Gasteiger partial charge on any atom is 0.303 e. The molecule has 6 atom stereocenters. The van der Waals surface area contributed by atoms with Crippen LogP contribution in [0.1, 0.15) is 48.0 Å². The molecule has 0 spiro atoms. The standard InChI is InChI=1S/C15H28O5/c1-8-7-12(20-13(9(8)2)10(3)16)14(15(5,6)18)19-11(4)17/h8-10,12-14,16,18H,7H2,1-6H3. The van der Waals surface area contributed by atoms with E-state index < -0.39 is 29.9 Å². The molecule has 5 heteroatoms. The molecule has 1 heterocycles. The number of ether oxygens (including phenoxy) is 2. The van der Waals surface area contributed by atoms with Crippen LogP contribution in [0.2, 0.25) is 0 Å². The second-order valence-corrected chi connectivity index (χ2v) is 6.64. The molecule has 1 saturated heterocycles. The topological polar surface area (TPSA) is 76.0 Å². The van der Waals surface area contributed by atoms with Gasteiger partial charge in [-0.2, -0.15) is 0 Å². The third-order valence-corrected chi connectivity index (χ3v) is 4.15. The molecule has 0 aliphatic carbocycles. The summed E-state index contributed by atoms with van der Waals surface area (Å²) >= 11 is 0. The van der Waals surface area contributed by atoms with Gasteiger partial charge in [0.2, 0.25) is 0 Å². The fourth-order valence-electron chi connectivity index (χ4n) is 2.89. The molecule has 1 fully saturated rings. The first kappa shape index (κ1) is 17.4. The molecular weight excluding hydrogens is 260 g/mol. The fourth-order valence-corrected chi connectivity index (χ4v) is 2.89. The van der Waals surface area contributed by atoms with Gasteiger partial charge in [-0.3, -0.25) is 4.79 Å². The van der Waals surface area contributed by atoms with Gasteiger partial charge >= 0.3 is 5.97 Å². The first-order chi connectivity index (χ1) is 9.04. The van der Waals surface area contributed by atoms with Crippen molar-refractivity contribution in [3.05, 3.63) is 0 Å². The monoisotopic (exact) mass is 288 g/mol. The molecule has 0 aromatic heterocycles. The van der Waals surface area contributed by atoms with E-state index in [9.17, 15) is 15.0 Å². The first-order valence-electron chi connectivity index (χ1n) is 7.27. The summed E-state index contributed by atoms with van der Waals surface area (Å²) in [7, 11) is 0. The van der Waals surface area contributed by atoms with Crippen molar-refractivity contribution in [1.29, 1.82) is 0 Å². The molecule has 20 heavy (non-hydrogen) atoms. The average Bonchev–Trinajstić information content (AvgIpc) is 2.27. The number of aliphatic hydroxyl groups excluding tert-OH is 1. The minimum absolute atomic E-state index is 0.214. The largest absolute Gasteiger partial charge is 0.457 e. The zero-order chi connectivity index (χ0) is 15.7. The van der Waals surface area contributed by atoms with Crippen LogP contribution in [0.5, 0.6) is 0 Å². The third kappa shape index (κ3) is 4.17. The van der Waals surface area contributed by atoms with E-state index in [1.807, 2.05) is 6.92 Å². The van der Waals surface area contributed by atoms with Crippen molar-refractivity contribution in [3.63, 3.8) is 0 Å². The summed E-state index contributed by atoms with van der Waals surface area (Å²) in [6.45, 7) is 10.4. The number of hydrogen-bond donors (Lipinski definition) is 2. The second-order valence-electron chi connectivity index (χ2n) is 6.64. The Morgan fingerprint density at radius 3 is 2.35 bits per heavy atom. The van der Waals surface area contributed by atoms with Gasteiger partial charge in [0.1, 0.15) is 0 Å². The Bertz CT molecular complexity index is 334. The van der Waals surface area contributed by atoms with Crippen molar-refractivity contribution in [1.82, 2.24) is 0 Å². The zero-order valence-corrected chi connectivity index (χ0v) is 13.3. The Morgan fingerprint density at radius 2 is 1.95 bits per heavy atom. The minimum Gasteiger partial charge on any atom is -0.457 e. The molecule has 5 nitrogen and oxygen atoms in total. The van der Waals surface area contributed by atoms with Crippen LogP contribution < -0.4 is 0 Å². The summed E-state index contributed by atoms with van der Waals surface area (Å²) in [4.78, 5) is 11.3. The Morgan fingerprint density at radius 1 is 1.40 bits per heavy atom. The quantitative estimate of drug-likeness (QED) is 0.767. The lowest BCUT2D eigenvalue weighted by Crippen LogP contribution is -2.55. The number of rotatable bonds is 4. The molecule has 1 aliphatic heterocycles. The van der Waals surface area contributed by atoms with E-state index in [2.05, 4.69) is 6.92 Å². The van der Waals surface area contributed by atoms with E-state index in [0.717, 1.165) is 0 Å². The van der Waals surface area contributed by atoms with Gasteiger partial charge in [-0.15, -0.1) is 0 Å². The molecule has 0 aromatic carbocycles. The van der Waals surface area contributed by atoms with Crippen LogP contribution in [-0.2, 0) is 14.3 Å². The lowest BCUT2D eigenvalue weighted by molar-refractivity contribution is -0.217. The van der Waals surface area contributed by atoms with Gasteiger partial charge in [-0.05, 0) is 39.0 Å². The van der Waals surface area contributed by atoms with E-state index in [0.29, 0.717) is 12.3 Å². The second kappa shape index (κ2) is 6.41. The van der Waals surface area contributed by atoms with Gasteiger partial charge < -0.3 is 19.7 Å². The third-order valence-electron chi connectivity index (χ3n) is 4.15. The van der Waals surface area contributed by atoms with Crippen LogP contribution in [0.3, 0.4) is 0 Å². The van der Waals surface area contributed by atoms with Gasteiger partial charge in [-0.25, -0.2) is 0 Å². The van der Waals surface area contributed by atoms with Crippen molar-refractivity contribution < 1.29 is 24.5 Å². The molecule has 0 saturated carbocycles. The fraction of sp³-hybridized carbons (Fsp3) is 0.933. The molecule has 0 bridgehead atoms. The first-order valence-corrected chi connectivity index (χ1v) is 7.27. The number of hydrogen-bond acceptors (Lipinski definition) is 5. The Balaban J connectivity index is 2.93. The summed E-state index contributed by atoms with van der Waals surface area (Å²) in [6, 6.07) is 0. The minimum atomic E-state index is -1.19. The van der Waals surface area contributed by atoms with E-state index in [1.165, 1.54) is 6.92 Å². The lowest BCUT2D eigenvalue weighted by atomic mass is 9.79. The lowest BCUT2D eigenvalue weighted by Gasteiger charge is -2.45. The van der Waals surface area contributed by atoms with E-state index in [1.54, 1.807) is 20.8 Å². The Labute approximate surface area is 121 Å². The molecule has 118 valence electrons. The van der Waals surface area contributed by atoms with E-state index in [-0.39, 0.29) is 12.0 Å². The van der Waals surface area contributed by atoms with Crippen LogP contribution >= 0.6 is 0 Å². The maximum atomic E-state index is 11.3. The van der Waals surface area contributed by atoms with E-state index in [4.69, 9.17) is 9.47 Å². The number of carbonyl (C=O) groups is 1. The van der Waals surface area contributed by atoms with Gasteiger partial charge in [0, 0.05) is 6.92 Å². The molecule has 1 rings (SSSR count). The highest BCUT2D eigenvalue weighted by Gasteiger charge is 2.45. The highest BCUT2D eigenvalue weighted by Crippen LogP contribution is 2.36. The smallest absolute Gasteiger partial charge is 0.303 e. The molecule has 6 unspecified atom stereocenters. The molecule has 2 N–H and O–H groups in total. The van der Waals surface area contributed by atoms with Crippen LogP contribution in [0.25, 0.3) is 0 Å². The summed E-state index contributed by atoms with van der Waals surface area (Å²) in [6.07, 6.45) is -1.38. The van der Waals surface area contributed by atoms with Crippen molar-refractivity contribution in [2.75, 3.05) is 0 Å². The zero-order valence-electron chi connectivity index (χ0n) is 13.3. The highest BCUT2D eigenvalue weighted by molar-refractivity contribution is 5.66. The van der Waals surface area contributed by atoms with Gasteiger partial charge in [0.15, 0.2) is 6.10 Å². The molecule has 0 amide bonds. The van der Waals surface area contributed by atoms with Gasteiger partial charge in [0.05, 0.1) is 23.9 Å². The van der Waals surface area contributed by atoms with Crippen LogP contribution in [0, 0.1) is 11.8 Å². The number of esters is 1. The van der Waals surface area contributed by atoms with Gasteiger partial charge in [0.25, 0.3) is 0 Å². The summed E-state index contributed by atoms with van der Waals surface area (Å²) in [5, 5.41) is 20.1. The maximum absolute atomic E-state index is 11.3. The predicted octanol–water partition coefficient (Wildman–Crippen LogP) is 1.50. The summed E-state index contributed by atoms with van der Waals surface area (Å²) in [5.74, 6) is 0.0837. The molecule has 0 radical (unpaired) electrons. The number of aliphatic hydroxyl groups is 2. The molecule has 0 aromatic rings. The Kier molecular flexibility index (Phi) is 5.58. The average molecular weight is 288 g/mol. The van der Waals surface area contributed by atoms with Crippen molar-refractivity contribution in [3.8, 4) is 0 Å². The molecular formula is C15H28O5.